The van der Waals surface area contributed by atoms with Crippen LogP contribution in [0.25, 0.3) is 20.9 Å². The van der Waals surface area contributed by atoms with Gasteiger partial charge in [-0.3, -0.25) is 4.79 Å². The van der Waals surface area contributed by atoms with Gasteiger partial charge in [0.2, 0.25) is 5.91 Å². The number of rotatable bonds is 6. The topological polar surface area (TPSA) is 89.0 Å². The van der Waals surface area contributed by atoms with Crippen molar-refractivity contribution in [1.29, 1.82) is 0 Å². The van der Waals surface area contributed by atoms with Crippen molar-refractivity contribution >= 4 is 43.1 Å². The lowest BCUT2D eigenvalue weighted by Gasteiger charge is -2.11. The van der Waals surface area contributed by atoms with Crippen molar-refractivity contribution in [2.24, 2.45) is 0 Å². The highest BCUT2D eigenvalue weighted by Gasteiger charge is 2.19. The van der Waals surface area contributed by atoms with E-state index in [1.807, 2.05) is 37.3 Å². The van der Waals surface area contributed by atoms with E-state index in [4.69, 9.17) is 0 Å². The third-order valence-electron chi connectivity index (χ3n) is 5.16. The Labute approximate surface area is 191 Å². The van der Waals surface area contributed by atoms with Crippen molar-refractivity contribution in [2.45, 2.75) is 37.3 Å². The molecule has 0 spiro atoms. The second-order valence-corrected chi connectivity index (χ2v) is 11.3. The van der Waals surface area contributed by atoms with Crippen molar-refractivity contribution in [1.82, 2.24) is 9.97 Å². The maximum absolute atomic E-state index is 12.7. The molecular formula is C24H23N3O3S2. The van der Waals surface area contributed by atoms with Crippen molar-refractivity contribution in [3.63, 3.8) is 0 Å². The zero-order valence-electron chi connectivity index (χ0n) is 18.0. The minimum absolute atomic E-state index is 0.150. The Bertz CT molecular complexity index is 1360. The molecule has 1 N–H and O–H groups in total. The second-order valence-electron chi connectivity index (χ2n) is 7.84. The number of carbonyl (C=O) groups is 1. The number of carbonyl (C=O) groups excluding carboxylic acids is 1. The molecule has 4 aromatic rings. The summed E-state index contributed by atoms with van der Waals surface area (Å²) in [6, 6.07) is 16.1. The van der Waals surface area contributed by atoms with Crippen molar-refractivity contribution < 1.29 is 13.2 Å². The van der Waals surface area contributed by atoms with Crippen LogP contribution in [-0.2, 0) is 21.1 Å². The van der Waals surface area contributed by atoms with Gasteiger partial charge < -0.3 is 5.32 Å². The molecule has 0 bridgehead atoms. The Hall–Kier alpha value is -3.10. The number of aromatic nitrogens is 2. The lowest BCUT2D eigenvalue weighted by molar-refractivity contribution is -0.115. The SMILES string of the molecule is Cc1ccc(-c2nc3cccnc3s2)cc1NC(=O)Cc1ccc(S(=O)(=O)C(C)C)cc1. The van der Waals surface area contributed by atoms with Crippen LogP contribution in [0.2, 0.25) is 0 Å². The van der Waals surface area contributed by atoms with Crippen LogP contribution in [0.3, 0.4) is 0 Å². The number of nitrogens with zero attached hydrogens (tertiary/aromatic N) is 2. The van der Waals surface area contributed by atoms with E-state index in [2.05, 4.69) is 15.3 Å². The predicted octanol–water partition coefficient (Wildman–Crippen LogP) is 5.03. The van der Waals surface area contributed by atoms with Crippen LogP contribution >= 0.6 is 11.3 Å². The molecule has 2 aromatic heterocycles. The molecule has 2 heterocycles. The molecule has 0 unspecified atom stereocenters. The minimum Gasteiger partial charge on any atom is -0.326 e. The summed E-state index contributed by atoms with van der Waals surface area (Å²) in [5.74, 6) is -0.171. The highest BCUT2D eigenvalue weighted by molar-refractivity contribution is 7.92. The van der Waals surface area contributed by atoms with Gasteiger partial charge in [-0.1, -0.05) is 35.6 Å². The number of hydrogen-bond acceptors (Lipinski definition) is 6. The summed E-state index contributed by atoms with van der Waals surface area (Å²) >= 11 is 1.51. The number of benzene rings is 2. The fourth-order valence-electron chi connectivity index (χ4n) is 3.23. The van der Waals surface area contributed by atoms with Gasteiger partial charge in [-0.2, -0.15) is 0 Å². The van der Waals surface area contributed by atoms with E-state index in [1.54, 1.807) is 44.3 Å². The number of anilines is 1. The van der Waals surface area contributed by atoms with Gasteiger partial charge in [-0.25, -0.2) is 18.4 Å². The van der Waals surface area contributed by atoms with Crippen LogP contribution in [0.4, 0.5) is 5.69 Å². The monoisotopic (exact) mass is 465 g/mol. The van der Waals surface area contributed by atoms with E-state index < -0.39 is 15.1 Å². The summed E-state index contributed by atoms with van der Waals surface area (Å²) in [5, 5.41) is 3.33. The Morgan fingerprint density at radius 1 is 1.09 bits per heavy atom. The first-order chi connectivity index (χ1) is 15.2. The quantitative estimate of drug-likeness (QED) is 0.431. The first-order valence-corrected chi connectivity index (χ1v) is 12.6. The van der Waals surface area contributed by atoms with Crippen molar-refractivity contribution in [3.05, 3.63) is 71.9 Å². The highest BCUT2D eigenvalue weighted by Crippen LogP contribution is 2.31. The predicted molar refractivity (Wildman–Crippen MR) is 129 cm³/mol. The molecule has 8 heteroatoms. The van der Waals surface area contributed by atoms with Crippen LogP contribution in [0.1, 0.15) is 25.0 Å². The molecule has 4 rings (SSSR count). The van der Waals surface area contributed by atoms with Gasteiger partial charge in [-0.05, 0) is 62.2 Å². The number of amides is 1. The van der Waals surface area contributed by atoms with Crippen LogP contribution < -0.4 is 5.32 Å². The molecule has 32 heavy (non-hydrogen) atoms. The number of sulfone groups is 1. The van der Waals surface area contributed by atoms with E-state index in [-0.39, 0.29) is 17.2 Å². The molecule has 6 nitrogen and oxygen atoms in total. The van der Waals surface area contributed by atoms with E-state index in [9.17, 15) is 13.2 Å². The van der Waals surface area contributed by atoms with E-state index >= 15 is 0 Å². The molecule has 0 radical (unpaired) electrons. The molecule has 164 valence electrons. The molecular weight excluding hydrogens is 442 g/mol. The molecule has 0 saturated carbocycles. The fourth-order valence-corrected chi connectivity index (χ4v) is 5.20. The van der Waals surface area contributed by atoms with Gasteiger partial charge in [0.25, 0.3) is 0 Å². The Balaban J connectivity index is 1.50. The van der Waals surface area contributed by atoms with Gasteiger partial charge in [-0.15, -0.1) is 0 Å². The fraction of sp³-hybridized carbons (Fsp3) is 0.208. The average molecular weight is 466 g/mol. The number of fused-ring (bicyclic) bond motifs is 1. The summed E-state index contributed by atoms with van der Waals surface area (Å²) in [6.45, 7) is 5.24. The van der Waals surface area contributed by atoms with Gasteiger partial charge in [0.05, 0.1) is 16.6 Å². The van der Waals surface area contributed by atoms with Crippen LogP contribution in [0.5, 0.6) is 0 Å². The molecule has 0 atom stereocenters. The third-order valence-corrected chi connectivity index (χ3v) is 8.36. The standard InChI is InChI=1S/C24H23N3O3S2/c1-15(2)32(29,30)19-10-7-17(8-11-19)13-22(28)26-21-14-18(9-6-16(21)3)23-27-20-5-4-12-25-24(20)31-23/h4-12,14-15H,13H2,1-3H3,(H,26,28). The summed E-state index contributed by atoms with van der Waals surface area (Å²) in [5.41, 5.74) is 4.17. The lowest BCUT2D eigenvalue weighted by atomic mass is 10.1. The molecule has 0 aliphatic carbocycles. The number of hydrogen-bond donors (Lipinski definition) is 1. The summed E-state index contributed by atoms with van der Waals surface area (Å²) in [7, 11) is -3.33. The van der Waals surface area contributed by atoms with Crippen LogP contribution in [-0.4, -0.2) is 29.5 Å². The van der Waals surface area contributed by atoms with Crippen molar-refractivity contribution in [3.8, 4) is 10.6 Å². The Morgan fingerprint density at radius 2 is 1.84 bits per heavy atom. The number of nitrogens with one attached hydrogen (secondary N) is 1. The average Bonchev–Trinajstić information content (AvgIpc) is 3.20. The second kappa shape index (κ2) is 8.80. The molecule has 0 aliphatic rings. The smallest absolute Gasteiger partial charge is 0.228 e. The normalized spacial score (nSPS) is 11.8. The zero-order valence-corrected chi connectivity index (χ0v) is 19.6. The maximum Gasteiger partial charge on any atom is 0.228 e. The Kier molecular flexibility index (Phi) is 6.08. The van der Waals surface area contributed by atoms with Gasteiger partial charge >= 0.3 is 0 Å². The lowest BCUT2D eigenvalue weighted by Crippen LogP contribution is -2.16. The van der Waals surface area contributed by atoms with E-state index in [0.717, 1.165) is 37.7 Å². The van der Waals surface area contributed by atoms with Gasteiger partial charge in [0, 0.05) is 17.4 Å². The van der Waals surface area contributed by atoms with Gasteiger partial charge in [0.15, 0.2) is 9.84 Å². The van der Waals surface area contributed by atoms with Crippen molar-refractivity contribution in [2.75, 3.05) is 5.32 Å². The number of pyridine rings is 1. The van der Waals surface area contributed by atoms with Crippen LogP contribution in [0, 0.1) is 6.92 Å². The number of aryl methyl sites for hydroxylation is 1. The minimum atomic E-state index is -3.33. The van der Waals surface area contributed by atoms with E-state index in [0.29, 0.717) is 0 Å². The largest absolute Gasteiger partial charge is 0.326 e. The molecule has 0 saturated heterocycles. The highest BCUT2D eigenvalue weighted by atomic mass is 32.2. The van der Waals surface area contributed by atoms with E-state index in [1.165, 1.54) is 11.3 Å². The summed E-state index contributed by atoms with van der Waals surface area (Å²) in [6.07, 6.45) is 1.90. The third kappa shape index (κ3) is 4.56. The van der Waals surface area contributed by atoms with Gasteiger partial charge in [0.1, 0.15) is 15.4 Å². The summed E-state index contributed by atoms with van der Waals surface area (Å²) in [4.78, 5) is 22.8. The maximum atomic E-state index is 12.7. The summed E-state index contributed by atoms with van der Waals surface area (Å²) < 4.78 is 24.5. The van der Waals surface area contributed by atoms with Crippen LogP contribution in [0.15, 0.2) is 65.7 Å². The zero-order chi connectivity index (χ0) is 22.9. The molecule has 0 aliphatic heterocycles. The first-order valence-electron chi connectivity index (χ1n) is 10.2. The number of thiazole rings is 1. The molecule has 2 aromatic carbocycles. The Morgan fingerprint density at radius 3 is 2.53 bits per heavy atom. The molecule has 0 fully saturated rings. The molecule has 1 amide bonds. The first kappa shape index (κ1) is 22.1.